The van der Waals surface area contributed by atoms with Crippen LogP contribution < -0.4 is 10.1 Å². The van der Waals surface area contributed by atoms with Crippen molar-refractivity contribution in [1.82, 2.24) is 10.3 Å². The number of amides is 1. The SMILES string of the molecule is Cc1cc(C)c(C#N)c(SCC(=O)NC2CCOc3ccccc32)n1. The van der Waals surface area contributed by atoms with Gasteiger partial charge in [0.2, 0.25) is 5.91 Å². The lowest BCUT2D eigenvalue weighted by Gasteiger charge is -2.26. The number of fused-ring (bicyclic) bond motifs is 1. The Kier molecular flexibility index (Phi) is 5.25. The molecule has 128 valence electrons. The summed E-state index contributed by atoms with van der Waals surface area (Å²) in [6.45, 7) is 4.36. The number of aryl methyl sites for hydroxylation is 2. The van der Waals surface area contributed by atoms with Gasteiger partial charge in [0.25, 0.3) is 0 Å². The van der Waals surface area contributed by atoms with Crippen molar-refractivity contribution in [2.75, 3.05) is 12.4 Å². The lowest BCUT2D eigenvalue weighted by Crippen LogP contribution is -2.33. The zero-order valence-corrected chi connectivity index (χ0v) is 15.0. The fraction of sp³-hybridized carbons (Fsp3) is 0.316. The van der Waals surface area contributed by atoms with Crippen LogP contribution in [-0.2, 0) is 4.79 Å². The number of pyridine rings is 1. The van der Waals surface area contributed by atoms with Crippen LogP contribution in [0.4, 0.5) is 0 Å². The fourth-order valence-corrected chi connectivity index (χ4v) is 3.82. The molecule has 1 aliphatic rings. The van der Waals surface area contributed by atoms with E-state index in [-0.39, 0.29) is 17.7 Å². The molecule has 1 aliphatic heterocycles. The number of benzene rings is 1. The number of thioether (sulfide) groups is 1. The summed E-state index contributed by atoms with van der Waals surface area (Å²) < 4.78 is 5.62. The first-order valence-electron chi connectivity index (χ1n) is 8.10. The highest BCUT2D eigenvalue weighted by Crippen LogP contribution is 2.31. The van der Waals surface area contributed by atoms with Gasteiger partial charge >= 0.3 is 0 Å². The minimum absolute atomic E-state index is 0.0410. The average Bonchev–Trinajstić information content (AvgIpc) is 2.60. The Hall–Kier alpha value is -2.52. The molecule has 0 aliphatic carbocycles. The fourth-order valence-electron chi connectivity index (χ4n) is 2.90. The molecular weight excluding hydrogens is 334 g/mol. The van der Waals surface area contributed by atoms with Crippen LogP contribution in [0.5, 0.6) is 5.75 Å². The molecule has 1 aromatic heterocycles. The maximum Gasteiger partial charge on any atom is 0.230 e. The number of nitrogens with one attached hydrogen (secondary N) is 1. The van der Waals surface area contributed by atoms with E-state index in [0.29, 0.717) is 17.2 Å². The van der Waals surface area contributed by atoms with E-state index in [0.717, 1.165) is 29.0 Å². The minimum atomic E-state index is -0.0726. The van der Waals surface area contributed by atoms with Gasteiger partial charge in [0, 0.05) is 17.7 Å². The summed E-state index contributed by atoms with van der Waals surface area (Å²) in [7, 11) is 0. The smallest absolute Gasteiger partial charge is 0.230 e. The predicted molar refractivity (Wildman–Crippen MR) is 96.6 cm³/mol. The lowest BCUT2D eigenvalue weighted by molar-refractivity contribution is -0.119. The van der Waals surface area contributed by atoms with Gasteiger partial charge in [0.05, 0.1) is 24.0 Å². The van der Waals surface area contributed by atoms with Crippen molar-refractivity contribution in [2.45, 2.75) is 31.3 Å². The number of carbonyl (C=O) groups is 1. The molecule has 1 aromatic carbocycles. The number of nitriles is 1. The van der Waals surface area contributed by atoms with E-state index >= 15 is 0 Å². The zero-order chi connectivity index (χ0) is 17.8. The van der Waals surface area contributed by atoms with Gasteiger partial charge < -0.3 is 10.1 Å². The summed E-state index contributed by atoms with van der Waals surface area (Å²) in [5.74, 6) is 0.982. The molecule has 0 bridgehead atoms. The Morgan fingerprint density at radius 1 is 1.44 bits per heavy atom. The maximum atomic E-state index is 12.4. The summed E-state index contributed by atoms with van der Waals surface area (Å²) in [5.41, 5.74) is 3.28. The Morgan fingerprint density at radius 2 is 2.24 bits per heavy atom. The minimum Gasteiger partial charge on any atom is -0.493 e. The molecule has 1 N–H and O–H groups in total. The molecule has 0 spiro atoms. The van der Waals surface area contributed by atoms with Crippen molar-refractivity contribution in [3.05, 3.63) is 52.7 Å². The largest absolute Gasteiger partial charge is 0.493 e. The van der Waals surface area contributed by atoms with Crippen molar-refractivity contribution in [3.8, 4) is 11.8 Å². The third-order valence-electron chi connectivity index (χ3n) is 4.06. The quantitative estimate of drug-likeness (QED) is 0.854. The van der Waals surface area contributed by atoms with Gasteiger partial charge in [-0.3, -0.25) is 4.79 Å². The normalized spacial score (nSPS) is 15.6. The van der Waals surface area contributed by atoms with Gasteiger partial charge in [-0.2, -0.15) is 5.26 Å². The van der Waals surface area contributed by atoms with Crippen molar-refractivity contribution in [1.29, 1.82) is 5.26 Å². The van der Waals surface area contributed by atoms with Crippen LogP contribution >= 0.6 is 11.8 Å². The predicted octanol–water partition coefficient (Wildman–Crippen LogP) is 3.30. The van der Waals surface area contributed by atoms with E-state index in [1.807, 2.05) is 44.2 Å². The molecule has 1 amide bonds. The number of carbonyl (C=O) groups excluding carboxylic acids is 1. The molecule has 0 fully saturated rings. The van der Waals surface area contributed by atoms with Crippen LogP contribution in [-0.4, -0.2) is 23.3 Å². The van der Waals surface area contributed by atoms with Crippen molar-refractivity contribution < 1.29 is 9.53 Å². The second-order valence-electron chi connectivity index (χ2n) is 5.96. The van der Waals surface area contributed by atoms with Crippen LogP contribution in [0.25, 0.3) is 0 Å². The molecule has 6 heteroatoms. The number of ether oxygens (including phenoxy) is 1. The van der Waals surface area contributed by atoms with Crippen LogP contribution in [0.3, 0.4) is 0 Å². The summed E-state index contributed by atoms with van der Waals surface area (Å²) >= 11 is 1.30. The number of para-hydroxylation sites is 1. The molecule has 2 heterocycles. The van der Waals surface area contributed by atoms with E-state index < -0.39 is 0 Å². The number of rotatable bonds is 4. The molecule has 0 saturated heterocycles. The summed E-state index contributed by atoms with van der Waals surface area (Å²) in [5, 5.41) is 13.0. The van der Waals surface area contributed by atoms with Crippen LogP contribution in [0.1, 0.15) is 34.8 Å². The molecule has 1 unspecified atom stereocenters. The van der Waals surface area contributed by atoms with E-state index in [1.54, 1.807) is 0 Å². The van der Waals surface area contributed by atoms with Crippen LogP contribution in [0.2, 0.25) is 0 Å². The Balaban J connectivity index is 1.66. The molecule has 3 rings (SSSR count). The highest BCUT2D eigenvalue weighted by molar-refractivity contribution is 8.00. The molecule has 0 radical (unpaired) electrons. The van der Waals surface area contributed by atoms with E-state index in [2.05, 4.69) is 16.4 Å². The van der Waals surface area contributed by atoms with Crippen molar-refractivity contribution in [3.63, 3.8) is 0 Å². The molecular formula is C19H19N3O2S. The van der Waals surface area contributed by atoms with Crippen molar-refractivity contribution in [2.24, 2.45) is 0 Å². The van der Waals surface area contributed by atoms with Gasteiger partial charge in [0.15, 0.2) is 0 Å². The van der Waals surface area contributed by atoms with E-state index in [9.17, 15) is 10.1 Å². The first-order chi connectivity index (χ1) is 12.1. The summed E-state index contributed by atoms with van der Waals surface area (Å²) in [6.07, 6.45) is 0.749. The molecule has 5 nitrogen and oxygen atoms in total. The number of nitrogens with zero attached hydrogens (tertiary/aromatic N) is 2. The first kappa shape index (κ1) is 17.3. The molecule has 2 aromatic rings. The molecule has 0 saturated carbocycles. The summed E-state index contributed by atoms with van der Waals surface area (Å²) in [6, 6.07) is 11.8. The van der Waals surface area contributed by atoms with Gasteiger partial charge in [-0.05, 0) is 31.5 Å². The first-order valence-corrected chi connectivity index (χ1v) is 9.09. The van der Waals surface area contributed by atoms with E-state index in [4.69, 9.17) is 4.74 Å². The van der Waals surface area contributed by atoms with Gasteiger partial charge in [-0.15, -0.1) is 0 Å². The third-order valence-corrected chi connectivity index (χ3v) is 5.03. The molecule has 25 heavy (non-hydrogen) atoms. The average molecular weight is 353 g/mol. The highest BCUT2D eigenvalue weighted by Gasteiger charge is 2.22. The summed E-state index contributed by atoms with van der Waals surface area (Å²) in [4.78, 5) is 16.8. The Bertz CT molecular complexity index is 845. The van der Waals surface area contributed by atoms with Crippen LogP contribution in [0, 0.1) is 25.2 Å². The second-order valence-corrected chi connectivity index (χ2v) is 6.92. The standard InChI is InChI=1S/C19H19N3O2S/c1-12-9-13(2)21-19(15(12)10-20)25-11-18(23)22-16-7-8-24-17-6-4-3-5-14(16)17/h3-6,9,16H,7-8,11H2,1-2H3,(H,22,23). The van der Waals surface area contributed by atoms with Gasteiger partial charge in [-0.1, -0.05) is 30.0 Å². The Morgan fingerprint density at radius 3 is 3.04 bits per heavy atom. The number of hydrogen-bond acceptors (Lipinski definition) is 5. The molecule has 1 atom stereocenters. The number of hydrogen-bond donors (Lipinski definition) is 1. The Labute approximate surface area is 151 Å². The van der Waals surface area contributed by atoms with Gasteiger partial charge in [0.1, 0.15) is 16.8 Å². The van der Waals surface area contributed by atoms with E-state index in [1.165, 1.54) is 11.8 Å². The maximum absolute atomic E-state index is 12.4. The number of aromatic nitrogens is 1. The second kappa shape index (κ2) is 7.58. The zero-order valence-electron chi connectivity index (χ0n) is 14.2. The van der Waals surface area contributed by atoms with Crippen LogP contribution in [0.15, 0.2) is 35.4 Å². The van der Waals surface area contributed by atoms with Gasteiger partial charge in [-0.25, -0.2) is 4.98 Å². The third kappa shape index (κ3) is 3.94. The monoisotopic (exact) mass is 353 g/mol. The van der Waals surface area contributed by atoms with Crippen molar-refractivity contribution >= 4 is 17.7 Å². The topological polar surface area (TPSA) is 75.0 Å². The highest BCUT2D eigenvalue weighted by atomic mass is 32.2. The lowest BCUT2D eigenvalue weighted by atomic mass is 10.0.